The van der Waals surface area contributed by atoms with Crippen LogP contribution in [-0.2, 0) is 0 Å². The van der Waals surface area contributed by atoms with Crippen molar-refractivity contribution in [2.24, 2.45) is 0 Å². The first-order valence-electron chi connectivity index (χ1n) is 3.92. The summed E-state index contributed by atoms with van der Waals surface area (Å²) in [5.41, 5.74) is -2.49. The van der Waals surface area contributed by atoms with Gasteiger partial charge in [-0.1, -0.05) is 0 Å². The summed E-state index contributed by atoms with van der Waals surface area (Å²) in [5.74, 6) is -0.358. The summed E-state index contributed by atoms with van der Waals surface area (Å²) in [4.78, 5) is 12.9. The van der Waals surface area contributed by atoms with Gasteiger partial charge in [-0.2, -0.15) is 5.26 Å². The summed E-state index contributed by atoms with van der Waals surface area (Å²) in [6.07, 6.45) is -2.51. The fourth-order valence-corrected chi connectivity index (χ4v) is 1.13. The highest BCUT2D eigenvalue weighted by molar-refractivity contribution is 5.54. The molecule has 0 aromatic carbocycles. The smallest absolute Gasteiger partial charge is 0.298 e. The highest BCUT2D eigenvalue weighted by atomic mass is 19.3. The van der Waals surface area contributed by atoms with Crippen LogP contribution in [0.1, 0.15) is 17.6 Å². The third-order valence-electron chi connectivity index (χ3n) is 1.78. The average molecular weight is 229 g/mol. The molecule has 0 amide bonds. The van der Waals surface area contributed by atoms with E-state index in [9.17, 15) is 18.9 Å². The van der Waals surface area contributed by atoms with Gasteiger partial charge in [0.1, 0.15) is 23.4 Å². The molecule has 1 rings (SSSR count). The standard InChI is InChI=1S/C8H5F2N3O3/c1-16-8-4(2-11)6(7(9)10)5(3-12-8)13(14)15/h3,7H,1H3. The highest BCUT2D eigenvalue weighted by Crippen LogP contribution is 2.34. The van der Waals surface area contributed by atoms with Gasteiger partial charge in [-0.15, -0.1) is 0 Å². The lowest BCUT2D eigenvalue weighted by Crippen LogP contribution is -2.03. The van der Waals surface area contributed by atoms with Gasteiger partial charge < -0.3 is 4.74 Å². The zero-order chi connectivity index (χ0) is 12.3. The zero-order valence-corrected chi connectivity index (χ0v) is 7.98. The Morgan fingerprint density at radius 2 is 2.31 bits per heavy atom. The number of nitrogens with zero attached hydrogens (tertiary/aromatic N) is 3. The van der Waals surface area contributed by atoms with Crippen molar-refractivity contribution in [1.29, 1.82) is 5.26 Å². The Morgan fingerprint density at radius 1 is 1.69 bits per heavy atom. The molecule has 0 radical (unpaired) electrons. The molecule has 8 heteroatoms. The quantitative estimate of drug-likeness (QED) is 0.582. The van der Waals surface area contributed by atoms with Crippen LogP contribution in [-0.4, -0.2) is 17.0 Å². The van der Waals surface area contributed by atoms with Crippen LogP contribution in [0.25, 0.3) is 0 Å². The fourth-order valence-electron chi connectivity index (χ4n) is 1.13. The lowest BCUT2D eigenvalue weighted by molar-refractivity contribution is -0.386. The molecule has 1 heterocycles. The van der Waals surface area contributed by atoms with E-state index >= 15 is 0 Å². The minimum atomic E-state index is -3.15. The minimum absolute atomic E-state index is 0.358. The molecule has 16 heavy (non-hydrogen) atoms. The van der Waals surface area contributed by atoms with E-state index in [0.717, 1.165) is 7.11 Å². The third kappa shape index (κ3) is 1.88. The number of halogens is 2. The van der Waals surface area contributed by atoms with Crippen LogP contribution in [0.5, 0.6) is 5.88 Å². The second kappa shape index (κ2) is 4.48. The first-order chi connectivity index (χ1) is 7.52. The fraction of sp³-hybridized carbons (Fsp3) is 0.250. The highest BCUT2D eigenvalue weighted by Gasteiger charge is 2.29. The number of methoxy groups -OCH3 is 1. The molecule has 0 bridgehead atoms. The van der Waals surface area contributed by atoms with Crippen LogP contribution in [0.15, 0.2) is 6.20 Å². The van der Waals surface area contributed by atoms with Gasteiger partial charge in [0.25, 0.3) is 12.1 Å². The van der Waals surface area contributed by atoms with Crippen molar-refractivity contribution in [3.05, 3.63) is 27.4 Å². The largest absolute Gasteiger partial charge is 0.480 e. The lowest BCUT2D eigenvalue weighted by Gasteiger charge is -2.06. The van der Waals surface area contributed by atoms with E-state index in [4.69, 9.17) is 5.26 Å². The SMILES string of the molecule is COc1ncc([N+](=O)[O-])c(C(F)F)c1C#N. The van der Waals surface area contributed by atoms with Gasteiger partial charge in [-0.3, -0.25) is 10.1 Å². The molecule has 0 saturated carbocycles. The van der Waals surface area contributed by atoms with Gasteiger partial charge in [0.05, 0.1) is 12.0 Å². The Morgan fingerprint density at radius 3 is 2.69 bits per heavy atom. The predicted molar refractivity (Wildman–Crippen MR) is 47.1 cm³/mol. The lowest BCUT2D eigenvalue weighted by atomic mass is 10.1. The summed E-state index contributed by atoms with van der Waals surface area (Å²) >= 11 is 0. The number of pyridine rings is 1. The number of alkyl halides is 2. The Balaban J connectivity index is 3.58. The van der Waals surface area contributed by atoms with Crippen LogP contribution in [0, 0.1) is 21.4 Å². The molecular weight excluding hydrogens is 224 g/mol. The van der Waals surface area contributed by atoms with E-state index in [1.165, 1.54) is 6.07 Å². The van der Waals surface area contributed by atoms with Crippen LogP contribution in [0.4, 0.5) is 14.5 Å². The van der Waals surface area contributed by atoms with Gasteiger partial charge in [-0.25, -0.2) is 13.8 Å². The molecule has 0 aliphatic carbocycles. The second-order valence-electron chi connectivity index (χ2n) is 2.61. The first-order valence-corrected chi connectivity index (χ1v) is 3.92. The van der Waals surface area contributed by atoms with Crippen molar-refractivity contribution in [1.82, 2.24) is 4.98 Å². The Bertz CT molecular complexity index is 470. The zero-order valence-electron chi connectivity index (χ0n) is 7.98. The molecule has 0 fully saturated rings. The normalized spacial score (nSPS) is 9.94. The summed E-state index contributed by atoms with van der Waals surface area (Å²) < 4.78 is 29.8. The molecule has 6 nitrogen and oxygen atoms in total. The monoisotopic (exact) mass is 229 g/mol. The molecule has 0 aliphatic rings. The van der Waals surface area contributed by atoms with Crippen molar-refractivity contribution in [3.8, 4) is 11.9 Å². The number of hydrogen-bond donors (Lipinski definition) is 0. The van der Waals surface area contributed by atoms with Crippen molar-refractivity contribution in [3.63, 3.8) is 0 Å². The topological polar surface area (TPSA) is 89.1 Å². The summed E-state index contributed by atoms with van der Waals surface area (Å²) in [5, 5.41) is 19.1. The first kappa shape index (κ1) is 11.8. The molecule has 1 aromatic rings. The predicted octanol–water partition coefficient (Wildman–Crippen LogP) is 1.81. The number of aromatic nitrogens is 1. The van der Waals surface area contributed by atoms with Crippen LogP contribution in [0.2, 0.25) is 0 Å². The van der Waals surface area contributed by atoms with Gasteiger partial charge in [0.15, 0.2) is 0 Å². The second-order valence-corrected chi connectivity index (χ2v) is 2.61. The molecule has 0 N–H and O–H groups in total. The van der Waals surface area contributed by atoms with Gasteiger partial charge in [0.2, 0.25) is 5.88 Å². The molecule has 0 spiro atoms. The van der Waals surface area contributed by atoms with E-state index in [1.807, 2.05) is 0 Å². The molecule has 0 atom stereocenters. The third-order valence-corrected chi connectivity index (χ3v) is 1.78. The maximum Gasteiger partial charge on any atom is 0.298 e. The average Bonchev–Trinajstić information content (AvgIpc) is 2.26. The maximum absolute atomic E-state index is 12.6. The summed E-state index contributed by atoms with van der Waals surface area (Å²) in [6.45, 7) is 0. The van der Waals surface area contributed by atoms with Gasteiger partial charge >= 0.3 is 0 Å². The molecule has 0 unspecified atom stereocenters. The van der Waals surface area contributed by atoms with E-state index in [0.29, 0.717) is 6.20 Å². The minimum Gasteiger partial charge on any atom is -0.480 e. The van der Waals surface area contributed by atoms with E-state index in [2.05, 4.69) is 9.72 Å². The van der Waals surface area contributed by atoms with Crippen LogP contribution in [0.3, 0.4) is 0 Å². The molecule has 0 saturated heterocycles. The van der Waals surface area contributed by atoms with E-state index in [1.54, 1.807) is 0 Å². The maximum atomic E-state index is 12.6. The summed E-state index contributed by atoms with van der Waals surface area (Å²) in [6, 6.07) is 1.42. The molecule has 0 aliphatic heterocycles. The number of hydrogen-bond acceptors (Lipinski definition) is 5. The van der Waals surface area contributed by atoms with Crippen molar-refractivity contribution < 1.29 is 18.4 Å². The molecule has 1 aromatic heterocycles. The Hall–Kier alpha value is -2.30. The van der Waals surface area contributed by atoms with Crippen LogP contribution < -0.4 is 4.74 Å². The van der Waals surface area contributed by atoms with Crippen molar-refractivity contribution >= 4 is 5.69 Å². The number of nitriles is 1. The van der Waals surface area contributed by atoms with Crippen LogP contribution >= 0.6 is 0 Å². The van der Waals surface area contributed by atoms with E-state index < -0.39 is 28.2 Å². The summed E-state index contributed by atoms with van der Waals surface area (Å²) in [7, 11) is 1.13. The Kier molecular flexibility index (Phi) is 3.30. The van der Waals surface area contributed by atoms with Crippen molar-refractivity contribution in [2.75, 3.05) is 7.11 Å². The number of nitro groups is 1. The molecule has 84 valence electrons. The van der Waals surface area contributed by atoms with E-state index in [-0.39, 0.29) is 5.88 Å². The number of rotatable bonds is 3. The van der Waals surface area contributed by atoms with Gasteiger partial charge in [0, 0.05) is 0 Å². The Labute approximate surface area is 88.2 Å². The number of ether oxygens (including phenoxy) is 1. The molecular formula is C8H5F2N3O3. The van der Waals surface area contributed by atoms with Gasteiger partial charge in [-0.05, 0) is 0 Å². The van der Waals surface area contributed by atoms with Crippen molar-refractivity contribution in [2.45, 2.75) is 6.43 Å².